The molecule has 0 saturated carbocycles. The molecule has 0 aromatic heterocycles. The maximum atomic E-state index is 13.4. The third-order valence-electron chi connectivity index (χ3n) is 16.2. The fourth-order valence-electron chi connectivity index (χ4n) is 10.8. The zero-order chi connectivity index (χ0) is 62.6. The SMILES string of the molecule is CC/C=C\C/C=C\C/C=C\C/C=C\CCCCCCCCCCC(=O)NC(COC1OC(CO)C(OC2OC(CO)C(OC3OC(CO)C(O)C(O)C3O)C(O)C2O)C(O)C1O)C(O)/C=C/CC/C=C/CCCCCCCCCCCCCCCC. The third kappa shape index (κ3) is 31.3. The summed E-state index contributed by atoms with van der Waals surface area (Å²) in [6.07, 6.45) is 33.0. The summed E-state index contributed by atoms with van der Waals surface area (Å²) < 4.78 is 34.3. The summed E-state index contributed by atoms with van der Waals surface area (Å²) in [5, 5.41) is 120. The molecule has 3 aliphatic heterocycles. The minimum atomic E-state index is -1.98. The topological polar surface area (TPSA) is 307 Å². The van der Waals surface area contributed by atoms with Crippen LogP contribution in [0, 0.1) is 0 Å². The Morgan fingerprint density at radius 3 is 1.30 bits per heavy atom. The Labute approximate surface area is 515 Å². The van der Waals surface area contributed by atoms with E-state index in [1.165, 1.54) is 103 Å². The highest BCUT2D eigenvalue weighted by Crippen LogP contribution is 2.33. The summed E-state index contributed by atoms with van der Waals surface area (Å²) in [5.41, 5.74) is 0. The number of allylic oxidation sites excluding steroid dienone is 11. The van der Waals surface area contributed by atoms with Crippen molar-refractivity contribution in [1.82, 2.24) is 5.32 Å². The molecule has 3 rings (SSSR count). The largest absolute Gasteiger partial charge is 0.394 e. The van der Waals surface area contributed by atoms with Crippen molar-refractivity contribution in [2.75, 3.05) is 26.4 Å². The molecule has 1 amide bonds. The second kappa shape index (κ2) is 49.0. The Morgan fingerprint density at radius 2 is 0.814 bits per heavy atom. The number of aliphatic hydroxyl groups excluding tert-OH is 11. The lowest BCUT2D eigenvalue weighted by atomic mass is 9.96. The van der Waals surface area contributed by atoms with E-state index in [9.17, 15) is 61.0 Å². The molecule has 3 heterocycles. The maximum Gasteiger partial charge on any atom is 0.220 e. The predicted octanol–water partition coefficient (Wildman–Crippen LogP) is 7.77. The van der Waals surface area contributed by atoms with E-state index in [0.29, 0.717) is 12.8 Å². The molecule has 3 fully saturated rings. The molecule has 0 spiro atoms. The van der Waals surface area contributed by atoms with Gasteiger partial charge < -0.3 is 89.9 Å². The summed E-state index contributed by atoms with van der Waals surface area (Å²) in [7, 11) is 0. The van der Waals surface area contributed by atoms with Crippen molar-refractivity contribution in [3.63, 3.8) is 0 Å². The van der Waals surface area contributed by atoms with Crippen LogP contribution < -0.4 is 5.32 Å². The second-order valence-corrected chi connectivity index (χ2v) is 23.5. The molecule has 19 heteroatoms. The van der Waals surface area contributed by atoms with Gasteiger partial charge in [-0.3, -0.25) is 4.79 Å². The first-order chi connectivity index (χ1) is 41.8. The van der Waals surface area contributed by atoms with Gasteiger partial charge in [-0.1, -0.05) is 209 Å². The molecule has 12 N–H and O–H groups in total. The Hall–Kier alpha value is -2.77. The molecule has 86 heavy (non-hydrogen) atoms. The van der Waals surface area contributed by atoms with Crippen molar-refractivity contribution in [3.05, 3.63) is 72.9 Å². The van der Waals surface area contributed by atoms with Crippen LogP contribution in [0.5, 0.6) is 0 Å². The van der Waals surface area contributed by atoms with E-state index in [-0.39, 0.29) is 18.9 Å². The fourth-order valence-corrected chi connectivity index (χ4v) is 10.8. The van der Waals surface area contributed by atoms with Gasteiger partial charge in [-0.05, 0) is 70.6 Å². The van der Waals surface area contributed by atoms with Gasteiger partial charge in [0.25, 0.3) is 0 Å². The van der Waals surface area contributed by atoms with Gasteiger partial charge in [-0.2, -0.15) is 0 Å². The van der Waals surface area contributed by atoms with Crippen LogP contribution in [-0.2, 0) is 33.2 Å². The zero-order valence-electron chi connectivity index (χ0n) is 52.3. The summed E-state index contributed by atoms with van der Waals surface area (Å²) in [4.78, 5) is 13.4. The van der Waals surface area contributed by atoms with Crippen LogP contribution in [0.1, 0.15) is 213 Å². The number of amides is 1. The van der Waals surface area contributed by atoms with Gasteiger partial charge >= 0.3 is 0 Å². The fraction of sp³-hybridized carbons (Fsp3) is 0.806. The highest BCUT2D eigenvalue weighted by Gasteiger charge is 2.53. The first-order valence-electron chi connectivity index (χ1n) is 33.2. The first-order valence-corrected chi connectivity index (χ1v) is 33.2. The minimum absolute atomic E-state index is 0.223. The van der Waals surface area contributed by atoms with E-state index in [1.54, 1.807) is 6.08 Å². The van der Waals surface area contributed by atoms with Crippen molar-refractivity contribution in [3.8, 4) is 0 Å². The lowest BCUT2D eigenvalue weighted by Crippen LogP contribution is -2.66. The number of rotatable bonds is 49. The van der Waals surface area contributed by atoms with Crippen LogP contribution in [0.3, 0.4) is 0 Å². The molecule has 3 aliphatic rings. The Kier molecular flexibility index (Phi) is 44.1. The monoisotopic (exact) mass is 1220 g/mol. The number of hydrogen-bond donors (Lipinski definition) is 12. The van der Waals surface area contributed by atoms with E-state index < -0.39 is 124 Å². The second-order valence-electron chi connectivity index (χ2n) is 23.5. The van der Waals surface area contributed by atoms with E-state index in [2.05, 4.69) is 79.9 Å². The molecule has 17 unspecified atom stereocenters. The van der Waals surface area contributed by atoms with Crippen LogP contribution in [0.25, 0.3) is 0 Å². The van der Waals surface area contributed by atoms with Gasteiger partial charge in [-0.25, -0.2) is 0 Å². The van der Waals surface area contributed by atoms with Crippen LogP contribution in [0.15, 0.2) is 72.9 Å². The van der Waals surface area contributed by atoms with E-state index in [4.69, 9.17) is 28.4 Å². The molecular formula is C67H117NO18. The summed E-state index contributed by atoms with van der Waals surface area (Å²) in [6, 6.07) is -0.999. The predicted molar refractivity (Wildman–Crippen MR) is 332 cm³/mol. The number of carbonyl (C=O) groups is 1. The van der Waals surface area contributed by atoms with Crippen LogP contribution >= 0.6 is 0 Å². The van der Waals surface area contributed by atoms with Gasteiger partial charge in [0.15, 0.2) is 18.9 Å². The summed E-state index contributed by atoms with van der Waals surface area (Å²) >= 11 is 0. The van der Waals surface area contributed by atoms with Crippen molar-refractivity contribution < 1.29 is 89.4 Å². The number of ether oxygens (including phenoxy) is 6. The molecule has 3 saturated heterocycles. The van der Waals surface area contributed by atoms with Gasteiger partial charge in [0.1, 0.15) is 73.2 Å². The molecule has 19 nitrogen and oxygen atoms in total. The molecular weight excluding hydrogens is 1110 g/mol. The van der Waals surface area contributed by atoms with Crippen molar-refractivity contribution in [1.29, 1.82) is 0 Å². The number of hydrogen-bond acceptors (Lipinski definition) is 18. The average molecular weight is 1220 g/mol. The highest BCUT2D eigenvalue weighted by molar-refractivity contribution is 5.76. The number of aliphatic hydroxyl groups is 11. The van der Waals surface area contributed by atoms with E-state index in [1.807, 2.05) is 6.08 Å². The molecule has 498 valence electrons. The van der Waals surface area contributed by atoms with Gasteiger partial charge in [0, 0.05) is 6.42 Å². The van der Waals surface area contributed by atoms with Crippen LogP contribution in [0.2, 0.25) is 0 Å². The van der Waals surface area contributed by atoms with Crippen LogP contribution in [0.4, 0.5) is 0 Å². The Balaban J connectivity index is 1.48. The van der Waals surface area contributed by atoms with Gasteiger partial charge in [0.05, 0.1) is 38.6 Å². The molecule has 0 aromatic carbocycles. The summed E-state index contributed by atoms with van der Waals surface area (Å²) in [6.45, 7) is 1.59. The van der Waals surface area contributed by atoms with Crippen molar-refractivity contribution in [2.45, 2.75) is 317 Å². The van der Waals surface area contributed by atoms with E-state index >= 15 is 0 Å². The summed E-state index contributed by atoms with van der Waals surface area (Å²) in [5.74, 6) is -0.296. The first kappa shape index (κ1) is 77.5. The quantitative estimate of drug-likeness (QED) is 0.0204. The van der Waals surface area contributed by atoms with E-state index in [0.717, 1.165) is 77.0 Å². The highest BCUT2D eigenvalue weighted by atomic mass is 16.8. The lowest BCUT2D eigenvalue weighted by Gasteiger charge is -2.48. The molecule has 0 aromatic rings. The number of carbonyl (C=O) groups excluding carboxylic acids is 1. The zero-order valence-corrected chi connectivity index (χ0v) is 52.3. The lowest BCUT2D eigenvalue weighted by molar-refractivity contribution is -0.379. The van der Waals surface area contributed by atoms with Gasteiger partial charge in [-0.15, -0.1) is 0 Å². The van der Waals surface area contributed by atoms with Gasteiger partial charge in [0.2, 0.25) is 5.91 Å². The minimum Gasteiger partial charge on any atom is -0.394 e. The standard InChI is InChI=1S/C67H117NO18/c1-3-5-7-9-11-13-15-17-19-21-23-25-27-29-31-33-35-37-39-41-43-45-55(73)68-50(51(72)44-42-40-38-36-34-32-30-28-26-24-22-20-18-16-14-12-10-8-6-4-2)49-81-65-61(79)58(76)63(53(47-70)83-65)86-67-62(80)59(77)64(54(48-71)84-67)85-66-60(78)57(75)56(74)52(46-69)82-66/h5,7,11,13,17,19,23,25,34,36,42,44,50-54,56-67,69-72,74-80H,3-4,6,8-10,12,14-16,18,20-22,24,26-33,35,37-41,43,45-49H2,1-2H3,(H,68,73)/b7-5-,13-11-,19-17-,25-23-,36-34+,44-42+. The Bertz CT molecular complexity index is 1850. The molecule has 0 radical (unpaired) electrons. The third-order valence-corrected chi connectivity index (χ3v) is 16.2. The smallest absolute Gasteiger partial charge is 0.220 e. The molecule has 0 aliphatic carbocycles. The Morgan fingerprint density at radius 1 is 0.430 bits per heavy atom. The average Bonchev–Trinajstić information content (AvgIpc) is 2.21. The normalized spacial score (nSPS) is 29.2. The number of nitrogens with one attached hydrogen (secondary N) is 1. The van der Waals surface area contributed by atoms with Crippen molar-refractivity contribution >= 4 is 5.91 Å². The maximum absolute atomic E-state index is 13.4. The molecule has 17 atom stereocenters. The molecule has 0 bridgehead atoms. The van der Waals surface area contributed by atoms with Crippen molar-refractivity contribution in [2.24, 2.45) is 0 Å². The number of unbranched alkanes of at least 4 members (excludes halogenated alkanes) is 23. The van der Waals surface area contributed by atoms with Crippen LogP contribution in [-0.4, -0.2) is 193 Å².